The van der Waals surface area contributed by atoms with Gasteiger partial charge in [-0.05, 0) is 36.0 Å². The van der Waals surface area contributed by atoms with Gasteiger partial charge in [0.25, 0.3) is 0 Å². The highest BCUT2D eigenvalue weighted by molar-refractivity contribution is 5.01. The van der Waals surface area contributed by atoms with Crippen molar-refractivity contribution in [2.75, 3.05) is 0 Å². The fourth-order valence-corrected chi connectivity index (χ4v) is 3.18. The van der Waals surface area contributed by atoms with Gasteiger partial charge in [0.1, 0.15) is 0 Å². The lowest BCUT2D eigenvalue weighted by Crippen LogP contribution is -2.26. The zero-order chi connectivity index (χ0) is 10.8. The third-order valence-corrected chi connectivity index (χ3v) is 4.93. The van der Waals surface area contributed by atoms with E-state index >= 15 is 0 Å². The van der Waals surface area contributed by atoms with Crippen LogP contribution in [0.2, 0.25) is 0 Å². The van der Waals surface area contributed by atoms with Crippen molar-refractivity contribution >= 4 is 0 Å². The molecular weight excluding hydrogens is 168 g/mol. The normalized spacial score (nSPS) is 25.5. The van der Waals surface area contributed by atoms with Crippen LogP contribution in [-0.4, -0.2) is 0 Å². The number of hydrogen-bond acceptors (Lipinski definition) is 0. The minimum Gasteiger partial charge on any atom is -0.0654 e. The highest BCUT2D eigenvalue weighted by Crippen LogP contribution is 2.60. The Labute approximate surface area is 90.5 Å². The zero-order valence-electron chi connectivity index (χ0n) is 10.8. The van der Waals surface area contributed by atoms with Crippen molar-refractivity contribution in [2.45, 2.75) is 66.7 Å². The second-order valence-corrected chi connectivity index (χ2v) is 5.60. The van der Waals surface area contributed by atoms with Crippen molar-refractivity contribution in [3.05, 3.63) is 0 Å². The molecule has 1 aliphatic rings. The molecule has 0 amide bonds. The van der Waals surface area contributed by atoms with Crippen molar-refractivity contribution in [1.82, 2.24) is 0 Å². The van der Waals surface area contributed by atoms with E-state index in [1.807, 2.05) is 0 Å². The van der Waals surface area contributed by atoms with Crippen molar-refractivity contribution < 1.29 is 0 Å². The molecule has 0 aromatic heterocycles. The van der Waals surface area contributed by atoms with Crippen molar-refractivity contribution in [1.29, 1.82) is 0 Å². The summed E-state index contributed by atoms with van der Waals surface area (Å²) < 4.78 is 0. The Morgan fingerprint density at radius 2 is 1.64 bits per heavy atom. The summed E-state index contributed by atoms with van der Waals surface area (Å²) in [4.78, 5) is 0. The van der Waals surface area contributed by atoms with Gasteiger partial charge >= 0.3 is 0 Å². The molecule has 0 heterocycles. The summed E-state index contributed by atoms with van der Waals surface area (Å²) in [5.41, 5.74) is 0.742. The van der Waals surface area contributed by atoms with Crippen LogP contribution in [0.1, 0.15) is 66.7 Å². The minimum atomic E-state index is 0.742. The van der Waals surface area contributed by atoms with Gasteiger partial charge in [0.2, 0.25) is 0 Å². The van der Waals surface area contributed by atoms with Gasteiger partial charge in [0.15, 0.2) is 0 Å². The molecule has 1 fully saturated rings. The summed E-state index contributed by atoms with van der Waals surface area (Å²) in [5.74, 6) is 2.81. The Balaban J connectivity index is 2.56. The average molecular weight is 196 g/mol. The molecule has 3 atom stereocenters. The fourth-order valence-electron chi connectivity index (χ4n) is 3.18. The van der Waals surface area contributed by atoms with Gasteiger partial charge in [-0.25, -0.2) is 0 Å². The summed E-state index contributed by atoms with van der Waals surface area (Å²) in [6.07, 6.45) is 7.14. The quantitative estimate of drug-likeness (QED) is 0.567. The Hall–Kier alpha value is 0. The van der Waals surface area contributed by atoms with Crippen molar-refractivity contribution in [3.63, 3.8) is 0 Å². The predicted octanol–water partition coefficient (Wildman–Crippen LogP) is 4.89. The molecule has 0 heteroatoms. The standard InChI is InChI=1S/C14H28/c1-6-8-12(4)14(9-10-14)13(5)11(3)7-2/h11-13H,6-10H2,1-5H3. The van der Waals surface area contributed by atoms with Crippen LogP contribution in [0.15, 0.2) is 0 Å². The Morgan fingerprint density at radius 3 is 2.00 bits per heavy atom. The number of rotatable bonds is 6. The van der Waals surface area contributed by atoms with Crippen LogP contribution in [0.3, 0.4) is 0 Å². The largest absolute Gasteiger partial charge is 0.0654 e. The van der Waals surface area contributed by atoms with E-state index in [1.54, 1.807) is 0 Å². The molecule has 1 rings (SSSR count). The van der Waals surface area contributed by atoms with Crippen LogP contribution in [0.5, 0.6) is 0 Å². The van der Waals surface area contributed by atoms with E-state index in [0.717, 1.165) is 23.2 Å². The summed E-state index contributed by atoms with van der Waals surface area (Å²) in [7, 11) is 0. The summed E-state index contributed by atoms with van der Waals surface area (Å²) in [6.45, 7) is 12.1. The molecule has 0 aromatic rings. The van der Waals surface area contributed by atoms with Crippen LogP contribution in [0.4, 0.5) is 0 Å². The van der Waals surface area contributed by atoms with E-state index in [1.165, 1.54) is 32.1 Å². The van der Waals surface area contributed by atoms with Gasteiger partial charge in [0, 0.05) is 0 Å². The SMILES string of the molecule is CCCC(C)C1(C(C)C(C)CC)CC1. The molecule has 1 saturated carbocycles. The van der Waals surface area contributed by atoms with Crippen LogP contribution >= 0.6 is 0 Å². The lowest BCUT2D eigenvalue weighted by Gasteiger charge is -2.33. The van der Waals surface area contributed by atoms with Gasteiger partial charge in [-0.2, -0.15) is 0 Å². The van der Waals surface area contributed by atoms with E-state index in [-0.39, 0.29) is 0 Å². The molecule has 0 aliphatic heterocycles. The van der Waals surface area contributed by atoms with Gasteiger partial charge < -0.3 is 0 Å². The average Bonchev–Trinajstić information content (AvgIpc) is 2.97. The Kier molecular flexibility index (Phi) is 4.04. The van der Waals surface area contributed by atoms with Crippen LogP contribution < -0.4 is 0 Å². The van der Waals surface area contributed by atoms with E-state index in [4.69, 9.17) is 0 Å². The van der Waals surface area contributed by atoms with Gasteiger partial charge in [0.05, 0.1) is 0 Å². The Morgan fingerprint density at radius 1 is 1.07 bits per heavy atom. The first kappa shape index (κ1) is 12.1. The summed E-state index contributed by atoms with van der Waals surface area (Å²) in [5, 5.41) is 0. The Bertz CT molecular complexity index is 167. The number of hydrogen-bond donors (Lipinski definition) is 0. The molecule has 14 heavy (non-hydrogen) atoms. The smallest absolute Gasteiger partial charge is 0.0243 e. The lowest BCUT2D eigenvalue weighted by atomic mass is 9.72. The molecule has 84 valence electrons. The maximum Gasteiger partial charge on any atom is -0.0243 e. The molecule has 0 aromatic carbocycles. The van der Waals surface area contributed by atoms with Crippen molar-refractivity contribution in [2.24, 2.45) is 23.2 Å². The maximum absolute atomic E-state index is 2.49. The molecular formula is C14H28. The highest BCUT2D eigenvalue weighted by Gasteiger charge is 2.51. The monoisotopic (exact) mass is 196 g/mol. The first-order chi connectivity index (χ1) is 6.58. The molecule has 0 saturated heterocycles. The molecule has 0 N–H and O–H groups in total. The first-order valence-corrected chi connectivity index (χ1v) is 6.58. The van der Waals surface area contributed by atoms with Gasteiger partial charge in [-0.1, -0.05) is 53.9 Å². The molecule has 0 bridgehead atoms. The molecule has 0 radical (unpaired) electrons. The lowest BCUT2D eigenvalue weighted by molar-refractivity contribution is 0.158. The third kappa shape index (κ3) is 2.15. The summed E-state index contributed by atoms with van der Waals surface area (Å²) in [6, 6.07) is 0. The van der Waals surface area contributed by atoms with Crippen LogP contribution in [0, 0.1) is 23.2 Å². The predicted molar refractivity (Wildman–Crippen MR) is 64.4 cm³/mol. The van der Waals surface area contributed by atoms with Crippen molar-refractivity contribution in [3.8, 4) is 0 Å². The van der Waals surface area contributed by atoms with Gasteiger partial charge in [-0.15, -0.1) is 0 Å². The van der Waals surface area contributed by atoms with E-state index in [0.29, 0.717) is 0 Å². The second kappa shape index (κ2) is 4.68. The van der Waals surface area contributed by atoms with E-state index in [9.17, 15) is 0 Å². The van der Waals surface area contributed by atoms with E-state index in [2.05, 4.69) is 34.6 Å². The second-order valence-electron chi connectivity index (χ2n) is 5.60. The minimum absolute atomic E-state index is 0.742. The molecule has 1 aliphatic carbocycles. The molecule has 0 spiro atoms. The molecule has 3 unspecified atom stereocenters. The van der Waals surface area contributed by atoms with Gasteiger partial charge in [-0.3, -0.25) is 0 Å². The topological polar surface area (TPSA) is 0 Å². The zero-order valence-corrected chi connectivity index (χ0v) is 10.8. The first-order valence-electron chi connectivity index (χ1n) is 6.58. The fraction of sp³-hybridized carbons (Fsp3) is 1.00. The van der Waals surface area contributed by atoms with Crippen LogP contribution in [-0.2, 0) is 0 Å². The molecule has 0 nitrogen and oxygen atoms in total. The van der Waals surface area contributed by atoms with Crippen LogP contribution in [0.25, 0.3) is 0 Å². The third-order valence-electron chi connectivity index (χ3n) is 4.93. The summed E-state index contributed by atoms with van der Waals surface area (Å²) >= 11 is 0. The maximum atomic E-state index is 2.49. The van der Waals surface area contributed by atoms with E-state index < -0.39 is 0 Å². The highest BCUT2D eigenvalue weighted by atomic mass is 14.6.